The van der Waals surface area contributed by atoms with Crippen molar-refractivity contribution in [2.24, 2.45) is 7.05 Å². The van der Waals surface area contributed by atoms with E-state index in [9.17, 15) is 14.9 Å². The molecule has 7 nitrogen and oxygen atoms in total. The van der Waals surface area contributed by atoms with Gasteiger partial charge in [-0.05, 0) is 23.6 Å². The topological polar surface area (TPSA) is 90.9 Å². The molecule has 1 aromatic carbocycles. The van der Waals surface area contributed by atoms with Crippen LogP contribution in [0, 0.1) is 10.1 Å². The molecule has 0 radical (unpaired) electrons. The lowest BCUT2D eigenvalue weighted by atomic mass is 10.1. The van der Waals surface area contributed by atoms with Crippen molar-refractivity contribution >= 4 is 34.6 Å². The van der Waals surface area contributed by atoms with E-state index in [1.165, 1.54) is 36.0 Å². The summed E-state index contributed by atoms with van der Waals surface area (Å²) in [5.74, 6) is 0.833. The van der Waals surface area contributed by atoms with Crippen molar-refractivity contribution in [1.82, 2.24) is 14.8 Å². The van der Waals surface area contributed by atoms with Gasteiger partial charge in [-0.3, -0.25) is 14.9 Å². The van der Waals surface area contributed by atoms with Crippen LogP contribution in [0.1, 0.15) is 10.4 Å². The van der Waals surface area contributed by atoms with Crippen LogP contribution >= 0.6 is 23.1 Å². The van der Waals surface area contributed by atoms with Crippen molar-refractivity contribution in [3.05, 3.63) is 57.5 Å². The second kappa shape index (κ2) is 6.93. The van der Waals surface area contributed by atoms with Gasteiger partial charge in [-0.1, -0.05) is 17.8 Å². The van der Waals surface area contributed by atoms with Gasteiger partial charge in [0.05, 0.1) is 15.6 Å². The molecule has 24 heavy (non-hydrogen) atoms. The lowest BCUT2D eigenvalue weighted by molar-refractivity contribution is -0.384. The monoisotopic (exact) mass is 360 g/mol. The summed E-state index contributed by atoms with van der Waals surface area (Å²) in [6, 6.07) is 9.50. The minimum absolute atomic E-state index is 0.0342. The van der Waals surface area contributed by atoms with E-state index in [4.69, 9.17) is 0 Å². The number of thioether (sulfide) groups is 1. The fourth-order valence-corrected chi connectivity index (χ4v) is 3.59. The minimum atomic E-state index is -0.491. The first kappa shape index (κ1) is 16.3. The third kappa shape index (κ3) is 3.36. The first-order valence-corrected chi connectivity index (χ1v) is 8.76. The van der Waals surface area contributed by atoms with E-state index < -0.39 is 4.92 Å². The fourth-order valence-electron chi connectivity index (χ4n) is 2.04. The molecule has 0 atom stereocenters. The predicted molar refractivity (Wildman–Crippen MR) is 92.5 cm³/mol. The summed E-state index contributed by atoms with van der Waals surface area (Å²) in [5, 5.41) is 21.5. The molecule has 0 aliphatic carbocycles. The predicted octanol–water partition coefficient (Wildman–Crippen LogP) is 3.43. The Balaban J connectivity index is 1.67. The highest BCUT2D eigenvalue weighted by Crippen LogP contribution is 2.26. The zero-order valence-electron chi connectivity index (χ0n) is 12.6. The third-order valence-electron chi connectivity index (χ3n) is 3.31. The van der Waals surface area contributed by atoms with Crippen molar-refractivity contribution in [2.75, 3.05) is 5.75 Å². The van der Waals surface area contributed by atoms with E-state index in [0.29, 0.717) is 10.7 Å². The molecule has 0 saturated carbocycles. The number of carbonyl (C=O) groups excluding carboxylic acids is 1. The van der Waals surface area contributed by atoms with Crippen molar-refractivity contribution < 1.29 is 9.72 Å². The molecule has 0 unspecified atom stereocenters. The normalized spacial score (nSPS) is 10.7. The smallest absolute Gasteiger partial charge is 0.269 e. The standard InChI is InChI=1S/C15H12N4O3S2/c1-18-14(13-3-2-8-23-13)16-17-15(18)24-9-12(20)10-4-6-11(7-5-10)19(21)22/h2-8H,9H2,1H3. The molecule has 0 spiro atoms. The van der Waals surface area contributed by atoms with Gasteiger partial charge in [-0.25, -0.2) is 0 Å². The van der Waals surface area contributed by atoms with Gasteiger partial charge in [0, 0.05) is 24.7 Å². The summed E-state index contributed by atoms with van der Waals surface area (Å²) in [7, 11) is 1.85. The minimum Gasteiger partial charge on any atom is -0.304 e. The van der Waals surface area contributed by atoms with Crippen LogP contribution in [0.2, 0.25) is 0 Å². The zero-order valence-corrected chi connectivity index (χ0v) is 14.2. The number of rotatable bonds is 6. The van der Waals surface area contributed by atoms with Crippen molar-refractivity contribution in [3.8, 4) is 10.7 Å². The van der Waals surface area contributed by atoms with Crippen LogP contribution in [-0.4, -0.2) is 31.2 Å². The number of non-ortho nitro benzene ring substituents is 1. The Morgan fingerprint density at radius 2 is 2.04 bits per heavy atom. The summed E-state index contributed by atoms with van der Waals surface area (Å²) in [6.45, 7) is 0. The highest BCUT2D eigenvalue weighted by molar-refractivity contribution is 7.99. The quantitative estimate of drug-likeness (QED) is 0.289. The van der Waals surface area contributed by atoms with E-state index in [1.54, 1.807) is 11.3 Å². The number of nitro benzene ring substituents is 1. The Labute approximate surface area is 145 Å². The number of aromatic nitrogens is 3. The van der Waals surface area contributed by atoms with E-state index in [1.807, 2.05) is 29.1 Å². The van der Waals surface area contributed by atoms with Crippen molar-refractivity contribution in [2.45, 2.75) is 5.16 Å². The number of hydrogen-bond acceptors (Lipinski definition) is 7. The number of nitro groups is 1. The second-order valence-electron chi connectivity index (χ2n) is 4.86. The Bertz CT molecular complexity index is 873. The van der Waals surface area contributed by atoms with E-state index in [-0.39, 0.29) is 17.2 Å². The van der Waals surface area contributed by atoms with Gasteiger partial charge in [0.1, 0.15) is 0 Å². The third-order valence-corrected chi connectivity index (χ3v) is 5.19. The largest absolute Gasteiger partial charge is 0.304 e. The molecule has 122 valence electrons. The summed E-state index contributed by atoms with van der Waals surface area (Å²) >= 11 is 2.86. The van der Waals surface area contributed by atoms with Gasteiger partial charge in [0.15, 0.2) is 16.8 Å². The maximum atomic E-state index is 12.2. The number of benzene rings is 1. The lowest BCUT2D eigenvalue weighted by Crippen LogP contribution is -2.04. The van der Waals surface area contributed by atoms with Crippen LogP contribution < -0.4 is 0 Å². The van der Waals surface area contributed by atoms with Gasteiger partial charge in [-0.15, -0.1) is 21.5 Å². The Morgan fingerprint density at radius 3 is 2.67 bits per heavy atom. The number of hydrogen-bond donors (Lipinski definition) is 0. The molecule has 0 amide bonds. The summed E-state index contributed by atoms with van der Waals surface area (Å²) < 4.78 is 1.85. The molecule has 0 bridgehead atoms. The Hall–Kier alpha value is -2.52. The molecular formula is C15H12N4O3S2. The summed E-state index contributed by atoms with van der Waals surface area (Å²) in [6.07, 6.45) is 0. The second-order valence-corrected chi connectivity index (χ2v) is 6.75. The van der Waals surface area contributed by atoms with Gasteiger partial charge in [-0.2, -0.15) is 0 Å². The molecule has 0 fully saturated rings. The van der Waals surface area contributed by atoms with Gasteiger partial charge >= 0.3 is 0 Å². The molecule has 0 N–H and O–H groups in total. The number of nitrogens with zero attached hydrogens (tertiary/aromatic N) is 4. The van der Waals surface area contributed by atoms with Gasteiger partial charge in [0.25, 0.3) is 5.69 Å². The molecule has 0 saturated heterocycles. The van der Waals surface area contributed by atoms with Crippen LogP contribution in [0.3, 0.4) is 0 Å². The maximum absolute atomic E-state index is 12.2. The zero-order chi connectivity index (χ0) is 17.1. The lowest BCUT2D eigenvalue weighted by Gasteiger charge is -2.02. The summed E-state index contributed by atoms with van der Waals surface area (Å²) in [5.41, 5.74) is 0.404. The molecule has 9 heteroatoms. The van der Waals surface area contributed by atoms with Crippen molar-refractivity contribution in [3.63, 3.8) is 0 Å². The molecule has 0 aliphatic heterocycles. The highest BCUT2D eigenvalue weighted by Gasteiger charge is 2.15. The summed E-state index contributed by atoms with van der Waals surface area (Å²) in [4.78, 5) is 23.4. The van der Waals surface area contributed by atoms with Crippen LogP contribution in [0.15, 0.2) is 46.9 Å². The fraction of sp³-hybridized carbons (Fsp3) is 0.133. The average Bonchev–Trinajstić information content (AvgIpc) is 3.22. The van der Waals surface area contributed by atoms with Gasteiger partial charge < -0.3 is 4.57 Å². The first-order chi connectivity index (χ1) is 11.6. The molecule has 2 aromatic heterocycles. The highest BCUT2D eigenvalue weighted by atomic mass is 32.2. The van der Waals surface area contributed by atoms with E-state index >= 15 is 0 Å². The maximum Gasteiger partial charge on any atom is 0.269 e. The van der Waals surface area contributed by atoms with Crippen LogP contribution in [0.4, 0.5) is 5.69 Å². The molecule has 3 rings (SSSR count). The Morgan fingerprint density at radius 1 is 1.29 bits per heavy atom. The molecule has 0 aliphatic rings. The molecule has 2 heterocycles. The Kier molecular flexibility index (Phi) is 4.72. The van der Waals surface area contributed by atoms with Crippen LogP contribution in [0.25, 0.3) is 10.7 Å². The van der Waals surface area contributed by atoms with Crippen molar-refractivity contribution in [1.29, 1.82) is 0 Å². The molecule has 3 aromatic rings. The average molecular weight is 360 g/mol. The van der Waals surface area contributed by atoms with E-state index in [0.717, 1.165) is 10.7 Å². The number of carbonyl (C=O) groups is 1. The molecular weight excluding hydrogens is 348 g/mol. The van der Waals surface area contributed by atoms with Gasteiger partial charge in [0.2, 0.25) is 0 Å². The van der Waals surface area contributed by atoms with Crippen LogP contribution in [-0.2, 0) is 7.05 Å². The number of thiophene rings is 1. The first-order valence-electron chi connectivity index (χ1n) is 6.90. The number of Topliss-reactive ketones (excluding diaryl/α,β-unsaturated/α-hetero) is 1. The SMILES string of the molecule is Cn1c(SCC(=O)c2ccc([N+](=O)[O-])cc2)nnc1-c1cccs1. The van der Waals surface area contributed by atoms with E-state index in [2.05, 4.69) is 10.2 Å². The number of ketones is 1. The van der Waals surface area contributed by atoms with Crippen LogP contribution in [0.5, 0.6) is 0 Å².